The Balaban J connectivity index is 2.09. The van der Waals surface area contributed by atoms with Gasteiger partial charge in [-0.05, 0) is 54.7 Å². The second-order valence-electron chi connectivity index (χ2n) is 5.35. The van der Waals surface area contributed by atoms with Crippen molar-refractivity contribution in [3.05, 3.63) is 93.9 Å². The Kier molecular flexibility index (Phi) is 4.19. The van der Waals surface area contributed by atoms with E-state index in [2.05, 4.69) is 30.4 Å². The zero-order chi connectivity index (χ0) is 15.4. The highest BCUT2D eigenvalue weighted by atomic mass is 16.4. The molecule has 1 aromatic heterocycles. The number of hydrogen-bond acceptors (Lipinski definition) is 2. The molecule has 0 spiro atoms. The fraction of sp³-hybridized carbons (Fsp3) is 0.150. The van der Waals surface area contributed by atoms with Gasteiger partial charge in [0, 0.05) is 11.5 Å². The molecule has 0 fully saturated rings. The fourth-order valence-electron chi connectivity index (χ4n) is 2.62. The van der Waals surface area contributed by atoms with E-state index >= 15 is 0 Å². The van der Waals surface area contributed by atoms with Crippen LogP contribution in [0.4, 0.5) is 0 Å². The highest BCUT2D eigenvalue weighted by Crippen LogP contribution is 2.22. The van der Waals surface area contributed by atoms with Crippen molar-refractivity contribution in [3.63, 3.8) is 0 Å². The van der Waals surface area contributed by atoms with Crippen molar-refractivity contribution in [2.75, 3.05) is 0 Å². The van der Waals surface area contributed by atoms with Gasteiger partial charge in [-0.25, -0.2) is 4.79 Å². The van der Waals surface area contributed by atoms with Gasteiger partial charge in [0.1, 0.15) is 5.58 Å². The van der Waals surface area contributed by atoms with E-state index in [-0.39, 0.29) is 5.63 Å². The van der Waals surface area contributed by atoms with Crippen LogP contribution < -0.4 is 5.63 Å². The van der Waals surface area contributed by atoms with Gasteiger partial charge in [0.15, 0.2) is 0 Å². The average Bonchev–Trinajstić information content (AvgIpc) is 2.54. The van der Waals surface area contributed by atoms with Crippen LogP contribution in [0.15, 0.2) is 76.0 Å². The topological polar surface area (TPSA) is 30.2 Å². The SMILES string of the molecule is C/C=C/Cc1cc2ccc(=O)oc2cc1Cc1ccccc1. The van der Waals surface area contributed by atoms with Crippen LogP contribution in [0.2, 0.25) is 0 Å². The standard InChI is InChI=1S/C20H18O2/c1-2-3-9-16-13-17-10-11-20(21)22-19(17)14-18(16)12-15-7-5-4-6-8-15/h2-8,10-11,13-14H,9,12H2,1H3/b3-2+. The minimum Gasteiger partial charge on any atom is -0.423 e. The molecule has 2 heteroatoms. The molecule has 0 N–H and O–H groups in total. The molecule has 22 heavy (non-hydrogen) atoms. The largest absolute Gasteiger partial charge is 0.423 e. The maximum atomic E-state index is 11.4. The third-order valence-corrected chi connectivity index (χ3v) is 3.75. The van der Waals surface area contributed by atoms with Crippen molar-refractivity contribution in [1.29, 1.82) is 0 Å². The maximum Gasteiger partial charge on any atom is 0.336 e. The van der Waals surface area contributed by atoms with E-state index in [0.717, 1.165) is 18.2 Å². The van der Waals surface area contributed by atoms with Gasteiger partial charge in [-0.15, -0.1) is 0 Å². The second-order valence-corrected chi connectivity index (χ2v) is 5.35. The highest BCUT2D eigenvalue weighted by Gasteiger charge is 2.07. The summed E-state index contributed by atoms with van der Waals surface area (Å²) < 4.78 is 5.33. The fourth-order valence-corrected chi connectivity index (χ4v) is 2.62. The zero-order valence-corrected chi connectivity index (χ0v) is 12.6. The summed E-state index contributed by atoms with van der Waals surface area (Å²) in [6.45, 7) is 2.02. The summed E-state index contributed by atoms with van der Waals surface area (Å²) in [6, 6.07) is 17.8. The first-order chi connectivity index (χ1) is 10.8. The molecule has 0 unspecified atom stereocenters. The van der Waals surface area contributed by atoms with Gasteiger partial charge in [-0.2, -0.15) is 0 Å². The van der Waals surface area contributed by atoms with Crippen LogP contribution in [-0.2, 0) is 12.8 Å². The van der Waals surface area contributed by atoms with E-state index in [1.165, 1.54) is 22.8 Å². The molecule has 2 nitrogen and oxygen atoms in total. The van der Waals surface area contributed by atoms with Crippen LogP contribution in [0.1, 0.15) is 23.6 Å². The van der Waals surface area contributed by atoms with Gasteiger partial charge < -0.3 is 4.42 Å². The third kappa shape index (κ3) is 3.17. The molecule has 0 saturated carbocycles. The molecule has 0 atom stereocenters. The lowest BCUT2D eigenvalue weighted by Crippen LogP contribution is -1.99. The van der Waals surface area contributed by atoms with E-state index in [1.54, 1.807) is 0 Å². The number of rotatable bonds is 4. The summed E-state index contributed by atoms with van der Waals surface area (Å²) in [4.78, 5) is 11.4. The first kappa shape index (κ1) is 14.3. The van der Waals surface area contributed by atoms with Crippen LogP contribution in [0.3, 0.4) is 0 Å². The Morgan fingerprint density at radius 3 is 2.59 bits per heavy atom. The van der Waals surface area contributed by atoms with Gasteiger partial charge >= 0.3 is 5.63 Å². The average molecular weight is 290 g/mol. The summed E-state index contributed by atoms with van der Waals surface area (Å²) in [5, 5.41) is 0.968. The van der Waals surface area contributed by atoms with E-state index in [9.17, 15) is 4.79 Å². The molecule has 0 radical (unpaired) electrons. The minimum absolute atomic E-state index is 0.306. The Morgan fingerprint density at radius 1 is 1.00 bits per heavy atom. The zero-order valence-electron chi connectivity index (χ0n) is 12.6. The number of hydrogen-bond donors (Lipinski definition) is 0. The van der Waals surface area contributed by atoms with Crippen LogP contribution in [-0.4, -0.2) is 0 Å². The lowest BCUT2D eigenvalue weighted by molar-refractivity contribution is 0.560. The molecule has 110 valence electrons. The predicted molar refractivity (Wildman–Crippen MR) is 90.3 cm³/mol. The summed E-state index contributed by atoms with van der Waals surface area (Å²) in [5.74, 6) is 0. The van der Waals surface area contributed by atoms with Crippen molar-refractivity contribution >= 4 is 11.0 Å². The molecule has 0 saturated heterocycles. The summed E-state index contributed by atoms with van der Waals surface area (Å²) >= 11 is 0. The first-order valence-electron chi connectivity index (χ1n) is 7.47. The quantitative estimate of drug-likeness (QED) is 0.523. The van der Waals surface area contributed by atoms with Crippen molar-refractivity contribution in [3.8, 4) is 0 Å². The molecule has 2 aromatic carbocycles. The van der Waals surface area contributed by atoms with Crippen molar-refractivity contribution < 1.29 is 4.42 Å². The molecule has 0 aliphatic rings. The molecule has 0 bridgehead atoms. The van der Waals surface area contributed by atoms with Gasteiger partial charge in [0.05, 0.1) is 0 Å². The molecule has 0 amide bonds. The summed E-state index contributed by atoms with van der Waals surface area (Å²) in [5.41, 5.74) is 4.07. The maximum absolute atomic E-state index is 11.4. The molecule has 0 aliphatic carbocycles. The lowest BCUT2D eigenvalue weighted by atomic mass is 9.96. The lowest BCUT2D eigenvalue weighted by Gasteiger charge is -2.10. The molecule has 3 aromatic rings. The summed E-state index contributed by atoms with van der Waals surface area (Å²) in [7, 11) is 0. The molecule has 0 aliphatic heterocycles. The molecular formula is C20H18O2. The van der Waals surface area contributed by atoms with Crippen molar-refractivity contribution in [2.45, 2.75) is 19.8 Å². The number of fused-ring (bicyclic) bond motifs is 1. The van der Waals surface area contributed by atoms with Crippen LogP contribution in [0, 0.1) is 0 Å². The third-order valence-electron chi connectivity index (χ3n) is 3.75. The van der Waals surface area contributed by atoms with Gasteiger partial charge in [-0.1, -0.05) is 42.5 Å². The first-order valence-corrected chi connectivity index (χ1v) is 7.47. The van der Waals surface area contributed by atoms with Crippen LogP contribution >= 0.6 is 0 Å². The van der Waals surface area contributed by atoms with E-state index < -0.39 is 0 Å². The van der Waals surface area contributed by atoms with Crippen LogP contribution in [0.25, 0.3) is 11.0 Å². The Hall–Kier alpha value is -2.61. The second kappa shape index (κ2) is 6.44. The van der Waals surface area contributed by atoms with E-state index in [0.29, 0.717) is 5.58 Å². The smallest absolute Gasteiger partial charge is 0.336 e. The summed E-state index contributed by atoms with van der Waals surface area (Å²) in [6.07, 6.45) is 5.92. The normalized spacial score (nSPS) is 11.3. The number of allylic oxidation sites excluding steroid dienone is 2. The predicted octanol–water partition coefficient (Wildman–Crippen LogP) is 4.50. The van der Waals surface area contributed by atoms with E-state index in [1.807, 2.05) is 37.3 Å². The Morgan fingerprint density at radius 2 is 1.82 bits per heavy atom. The molecule has 1 heterocycles. The van der Waals surface area contributed by atoms with E-state index in [4.69, 9.17) is 4.42 Å². The molecule has 3 rings (SSSR count). The van der Waals surface area contributed by atoms with Crippen LogP contribution in [0.5, 0.6) is 0 Å². The van der Waals surface area contributed by atoms with Crippen molar-refractivity contribution in [1.82, 2.24) is 0 Å². The highest BCUT2D eigenvalue weighted by molar-refractivity contribution is 5.78. The monoisotopic (exact) mass is 290 g/mol. The van der Waals surface area contributed by atoms with Gasteiger partial charge in [-0.3, -0.25) is 0 Å². The van der Waals surface area contributed by atoms with Gasteiger partial charge in [0.25, 0.3) is 0 Å². The Bertz CT molecular complexity index is 858. The van der Waals surface area contributed by atoms with Gasteiger partial charge in [0.2, 0.25) is 0 Å². The molecular weight excluding hydrogens is 272 g/mol. The number of benzene rings is 2. The minimum atomic E-state index is -0.306. The van der Waals surface area contributed by atoms with Crippen molar-refractivity contribution in [2.24, 2.45) is 0 Å². The Labute approximate surface area is 129 Å².